The highest BCUT2D eigenvalue weighted by Crippen LogP contribution is 2.29. The Labute approximate surface area is 86.9 Å². The Balaban J connectivity index is 2.30. The molecule has 0 spiro atoms. The summed E-state index contributed by atoms with van der Waals surface area (Å²) >= 11 is 0. The first-order chi connectivity index (χ1) is 6.55. The van der Waals surface area contributed by atoms with Crippen molar-refractivity contribution in [3.05, 3.63) is 0 Å². The Hall–Kier alpha value is -0.570. The Bertz CT molecular complexity index is 191. The van der Waals surface area contributed by atoms with Crippen LogP contribution in [0.1, 0.15) is 33.6 Å². The van der Waals surface area contributed by atoms with E-state index < -0.39 is 0 Å². The van der Waals surface area contributed by atoms with Gasteiger partial charge in [-0.15, -0.1) is 0 Å². The number of likely N-dealkylation sites (N-methyl/N-ethyl adjacent to an activating group) is 1. The van der Waals surface area contributed by atoms with Gasteiger partial charge in [0.25, 0.3) is 0 Å². The van der Waals surface area contributed by atoms with E-state index in [9.17, 15) is 4.79 Å². The fourth-order valence-corrected chi connectivity index (χ4v) is 1.71. The largest absolute Gasteiger partial charge is 0.342 e. The normalized spacial score (nSPS) is 20.9. The van der Waals surface area contributed by atoms with Gasteiger partial charge in [-0.25, -0.2) is 0 Å². The van der Waals surface area contributed by atoms with Crippen LogP contribution in [0.25, 0.3) is 0 Å². The first-order valence-electron chi connectivity index (χ1n) is 5.54. The van der Waals surface area contributed by atoms with Crippen LogP contribution >= 0.6 is 0 Å². The molecule has 0 aromatic rings. The standard InChI is InChI=1S/C11H22N2O/c1-4-12-9-10(14)13-7-5-11(2,3)6-8-13/h12H,4-9H2,1-3H3. The van der Waals surface area contributed by atoms with E-state index in [2.05, 4.69) is 19.2 Å². The summed E-state index contributed by atoms with van der Waals surface area (Å²) in [5, 5.41) is 3.07. The van der Waals surface area contributed by atoms with Crippen molar-refractivity contribution in [3.8, 4) is 0 Å². The molecule has 1 N–H and O–H groups in total. The lowest BCUT2D eigenvalue weighted by molar-refractivity contribution is -0.132. The predicted molar refractivity (Wildman–Crippen MR) is 58.1 cm³/mol. The summed E-state index contributed by atoms with van der Waals surface area (Å²) < 4.78 is 0. The maximum absolute atomic E-state index is 11.6. The van der Waals surface area contributed by atoms with Gasteiger partial charge in [-0.05, 0) is 24.8 Å². The van der Waals surface area contributed by atoms with Gasteiger partial charge in [0.15, 0.2) is 0 Å². The molecule has 1 rings (SSSR count). The Morgan fingerprint density at radius 2 is 1.93 bits per heavy atom. The van der Waals surface area contributed by atoms with Crippen LogP contribution in [0.15, 0.2) is 0 Å². The zero-order valence-electron chi connectivity index (χ0n) is 9.60. The van der Waals surface area contributed by atoms with Crippen LogP contribution in [0, 0.1) is 5.41 Å². The molecule has 1 aliphatic heterocycles. The molecule has 0 aromatic heterocycles. The highest BCUT2D eigenvalue weighted by atomic mass is 16.2. The van der Waals surface area contributed by atoms with E-state index in [0.717, 1.165) is 32.5 Å². The summed E-state index contributed by atoms with van der Waals surface area (Å²) in [5.74, 6) is 0.252. The Morgan fingerprint density at radius 1 is 1.36 bits per heavy atom. The number of piperidine rings is 1. The zero-order chi connectivity index (χ0) is 10.6. The molecule has 0 bridgehead atoms. The number of hydrogen-bond acceptors (Lipinski definition) is 2. The minimum atomic E-state index is 0.252. The quantitative estimate of drug-likeness (QED) is 0.740. The van der Waals surface area contributed by atoms with Gasteiger partial charge in [-0.3, -0.25) is 4.79 Å². The van der Waals surface area contributed by atoms with Crippen LogP contribution < -0.4 is 5.32 Å². The van der Waals surface area contributed by atoms with Crippen LogP contribution in [0.3, 0.4) is 0 Å². The molecule has 1 aliphatic rings. The third-order valence-electron chi connectivity index (χ3n) is 3.00. The smallest absolute Gasteiger partial charge is 0.236 e. The summed E-state index contributed by atoms with van der Waals surface area (Å²) in [4.78, 5) is 13.6. The number of likely N-dealkylation sites (tertiary alicyclic amines) is 1. The molecule has 0 saturated carbocycles. The van der Waals surface area contributed by atoms with Crippen molar-refractivity contribution in [2.45, 2.75) is 33.6 Å². The number of nitrogens with zero attached hydrogens (tertiary/aromatic N) is 1. The molecule has 0 aromatic carbocycles. The van der Waals surface area contributed by atoms with Crippen LogP contribution in [0.2, 0.25) is 0 Å². The number of rotatable bonds is 3. The van der Waals surface area contributed by atoms with Crippen molar-refractivity contribution in [2.24, 2.45) is 5.41 Å². The van der Waals surface area contributed by atoms with E-state index in [-0.39, 0.29) is 5.91 Å². The van der Waals surface area contributed by atoms with Gasteiger partial charge < -0.3 is 10.2 Å². The third kappa shape index (κ3) is 3.29. The van der Waals surface area contributed by atoms with Crippen molar-refractivity contribution in [2.75, 3.05) is 26.2 Å². The van der Waals surface area contributed by atoms with Crippen molar-refractivity contribution in [3.63, 3.8) is 0 Å². The van der Waals surface area contributed by atoms with E-state index in [1.807, 2.05) is 11.8 Å². The van der Waals surface area contributed by atoms with Crippen molar-refractivity contribution in [1.82, 2.24) is 10.2 Å². The molecule has 1 amide bonds. The average molecular weight is 198 g/mol. The lowest BCUT2D eigenvalue weighted by Gasteiger charge is -2.36. The first kappa shape index (κ1) is 11.5. The van der Waals surface area contributed by atoms with Gasteiger partial charge in [0.1, 0.15) is 0 Å². The molecule has 3 heteroatoms. The van der Waals surface area contributed by atoms with Gasteiger partial charge in [-0.2, -0.15) is 0 Å². The molecule has 1 heterocycles. The summed E-state index contributed by atoms with van der Waals surface area (Å²) in [7, 11) is 0. The summed E-state index contributed by atoms with van der Waals surface area (Å²) in [5.41, 5.74) is 0.426. The fraction of sp³-hybridized carbons (Fsp3) is 0.909. The maximum Gasteiger partial charge on any atom is 0.236 e. The van der Waals surface area contributed by atoms with Crippen LogP contribution in [0.4, 0.5) is 0 Å². The van der Waals surface area contributed by atoms with Gasteiger partial charge in [-0.1, -0.05) is 20.8 Å². The molecular weight excluding hydrogens is 176 g/mol. The SMILES string of the molecule is CCNCC(=O)N1CCC(C)(C)CC1. The van der Waals surface area contributed by atoms with Gasteiger partial charge in [0.05, 0.1) is 6.54 Å². The third-order valence-corrected chi connectivity index (χ3v) is 3.00. The molecule has 0 radical (unpaired) electrons. The number of carbonyl (C=O) groups excluding carboxylic acids is 1. The number of amides is 1. The number of hydrogen-bond donors (Lipinski definition) is 1. The van der Waals surface area contributed by atoms with E-state index in [1.54, 1.807) is 0 Å². The molecule has 1 saturated heterocycles. The second-order valence-electron chi connectivity index (χ2n) is 4.83. The highest BCUT2D eigenvalue weighted by Gasteiger charge is 2.27. The second-order valence-corrected chi connectivity index (χ2v) is 4.83. The predicted octanol–water partition coefficient (Wildman–Crippen LogP) is 1.24. The topological polar surface area (TPSA) is 32.3 Å². The first-order valence-corrected chi connectivity index (χ1v) is 5.54. The Morgan fingerprint density at radius 3 is 2.43 bits per heavy atom. The molecule has 0 atom stereocenters. The molecule has 3 nitrogen and oxygen atoms in total. The molecular formula is C11H22N2O. The minimum absolute atomic E-state index is 0.252. The Kier molecular flexibility index (Phi) is 3.93. The zero-order valence-corrected chi connectivity index (χ0v) is 9.60. The van der Waals surface area contributed by atoms with Crippen molar-refractivity contribution in [1.29, 1.82) is 0 Å². The van der Waals surface area contributed by atoms with E-state index in [4.69, 9.17) is 0 Å². The van der Waals surface area contributed by atoms with Crippen LogP contribution in [0.5, 0.6) is 0 Å². The van der Waals surface area contributed by atoms with E-state index >= 15 is 0 Å². The van der Waals surface area contributed by atoms with Crippen LogP contribution in [-0.2, 0) is 4.79 Å². The average Bonchev–Trinajstić information content (AvgIpc) is 2.14. The summed E-state index contributed by atoms with van der Waals surface area (Å²) in [6.45, 7) is 9.79. The lowest BCUT2D eigenvalue weighted by Crippen LogP contribution is -2.44. The molecule has 0 aliphatic carbocycles. The van der Waals surface area contributed by atoms with Crippen molar-refractivity contribution >= 4 is 5.91 Å². The van der Waals surface area contributed by atoms with Gasteiger partial charge in [0, 0.05) is 13.1 Å². The lowest BCUT2D eigenvalue weighted by atomic mass is 9.83. The van der Waals surface area contributed by atoms with Gasteiger partial charge in [0.2, 0.25) is 5.91 Å². The maximum atomic E-state index is 11.6. The fourth-order valence-electron chi connectivity index (χ4n) is 1.71. The molecule has 1 fully saturated rings. The van der Waals surface area contributed by atoms with E-state index in [1.165, 1.54) is 0 Å². The monoisotopic (exact) mass is 198 g/mol. The minimum Gasteiger partial charge on any atom is -0.342 e. The molecule has 14 heavy (non-hydrogen) atoms. The number of nitrogens with one attached hydrogen (secondary N) is 1. The van der Waals surface area contributed by atoms with Gasteiger partial charge >= 0.3 is 0 Å². The molecule has 82 valence electrons. The van der Waals surface area contributed by atoms with E-state index in [0.29, 0.717) is 12.0 Å². The summed E-state index contributed by atoms with van der Waals surface area (Å²) in [6.07, 6.45) is 2.26. The second kappa shape index (κ2) is 4.78. The highest BCUT2D eigenvalue weighted by molar-refractivity contribution is 5.78. The molecule has 0 unspecified atom stereocenters. The van der Waals surface area contributed by atoms with Crippen molar-refractivity contribution < 1.29 is 4.79 Å². The van der Waals surface area contributed by atoms with Crippen LogP contribution in [-0.4, -0.2) is 37.0 Å². The number of carbonyl (C=O) groups is 1. The summed E-state index contributed by atoms with van der Waals surface area (Å²) in [6, 6.07) is 0.